The van der Waals surface area contributed by atoms with Crippen molar-refractivity contribution in [3.8, 4) is 11.5 Å². The number of aromatic nitrogens is 2. The quantitative estimate of drug-likeness (QED) is 0.134. The first-order chi connectivity index (χ1) is 25.4. The number of hydrogen-bond donors (Lipinski definition) is 2. The molecule has 7 rings (SSSR count). The zero-order valence-electron chi connectivity index (χ0n) is 29.3. The molecule has 1 unspecified atom stereocenters. The molecule has 2 aliphatic rings. The molecule has 9 heteroatoms. The number of halogens is 1. The van der Waals surface area contributed by atoms with E-state index in [0.29, 0.717) is 46.9 Å². The van der Waals surface area contributed by atoms with Crippen LogP contribution in [0.15, 0.2) is 109 Å². The topological polar surface area (TPSA) is 102 Å². The Hall–Kier alpha value is -5.21. The van der Waals surface area contributed by atoms with E-state index >= 15 is 0 Å². The van der Waals surface area contributed by atoms with Crippen LogP contribution in [0.1, 0.15) is 99.8 Å². The average molecular weight is 715 g/mol. The molecule has 2 N–H and O–H groups in total. The standard InChI is InChI=1S/C43H43ClN4O4/c1-28(47-42(49)33-13-18-36(45-24-33)26-51-38-20-16-35(44)17-21-38)29-9-11-30(12-10-29)32-6-4-7-39(23-32)52-27-37-19-14-34(25-46-37)43(50)48-41-22-15-31-5-2-3-8-40(31)41/h2-8,13-14,16-21,23-25,28-30,41H,9-12,15,22,26-27H2,1H3,(H,47,49)(H,48,50)/t28-,29?,30?,41?/m1/s1. The minimum Gasteiger partial charge on any atom is -0.487 e. The molecule has 5 aromatic rings. The lowest BCUT2D eigenvalue weighted by molar-refractivity contribution is 0.0914. The van der Waals surface area contributed by atoms with Gasteiger partial charge < -0.3 is 20.1 Å². The Bertz CT molecular complexity index is 1980. The van der Waals surface area contributed by atoms with Gasteiger partial charge in [-0.3, -0.25) is 19.6 Å². The summed E-state index contributed by atoms with van der Waals surface area (Å²) in [6.45, 7) is 2.73. The molecule has 1 saturated carbocycles. The van der Waals surface area contributed by atoms with Gasteiger partial charge in [-0.15, -0.1) is 0 Å². The summed E-state index contributed by atoms with van der Waals surface area (Å²) in [5.41, 5.74) is 6.37. The molecule has 0 saturated heterocycles. The van der Waals surface area contributed by atoms with Gasteiger partial charge in [-0.05, 0) is 135 Å². The molecule has 3 aromatic carbocycles. The van der Waals surface area contributed by atoms with Crippen molar-refractivity contribution in [1.29, 1.82) is 0 Å². The van der Waals surface area contributed by atoms with Crippen molar-refractivity contribution in [2.24, 2.45) is 5.92 Å². The zero-order chi connectivity index (χ0) is 35.9. The largest absolute Gasteiger partial charge is 0.487 e. The second-order valence-electron chi connectivity index (χ2n) is 13.8. The van der Waals surface area contributed by atoms with Gasteiger partial charge >= 0.3 is 0 Å². The van der Waals surface area contributed by atoms with Crippen LogP contribution in [-0.4, -0.2) is 27.8 Å². The fraction of sp³-hybridized carbons (Fsp3) is 0.302. The number of amides is 2. The highest BCUT2D eigenvalue weighted by molar-refractivity contribution is 6.30. The lowest BCUT2D eigenvalue weighted by Crippen LogP contribution is -2.39. The predicted octanol–water partition coefficient (Wildman–Crippen LogP) is 8.80. The molecule has 2 atom stereocenters. The molecule has 52 heavy (non-hydrogen) atoms. The molecule has 2 aliphatic carbocycles. The van der Waals surface area contributed by atoms with E-state index < -0.39 is 0 Å². The van der Waals surface area contributed by atoms with E-state index in [2.05, 4.69) is 51.8 Å². The number of rotatable bonds is 12. The van der Waals surface area contributed by atoms with Gasteiger partial charge in [-0.1, -0.05) is 48.0 Å². The van der Waals surface area contributed by atoms with Crippen LogP contribution in [0.3, 0.4) is 0 Å². The maximum absolute atomic E-state index is 13.0. The summed E-state index contributed by atoms with van der Waals surface area (Å²) in [4.78, 5) is 34.9. The maximum atomic E-state index is 13.0. The van der Waals surface area contributed by atoms with Gasteiger partial charge in [0.05, 0.1) is 28.6 Å². The van der Waals surface area contributed by atoms with Crippen LogP contribution < -0.4 is 20.1 Å². The summed E-state index contributed by atoms with van der Waals surface area (Å²) in [5.74, 6) is 2.14. The third kappa shape index (κ3) is 8.80. The Labute approximate surface area is 310 Å². The first-order valence-corrected chi connectivity index (χ1v) is 18.5. The number of carbonyl (C=O) groups excluding carboxylic acids is 2. The number of carbonyl (C=O) groups is 2. The normalized spacial score (nSPS) is 18.5. The molecule has 0 aliphatic heterocycles. The van der Waals surface area contributed by atoms with E-state index in [9.17, 15) is 9.59 Å². The summed E-state index contributed by atoms with van der Waals surface area (Å²) in [6, 6.07) is 31.2. The SMILES string of the molecule is C[C@@H](NC(=O)c1ccc(COc2ccc(Cl)cc2)nc1)C1CCC(c2cccc(OCc3ccc(C(=O)NC4CCc5ccccc54)cn3)c2)CC1. The van der Waals surface area contributed by atoms with Gasteiger partial charge in [0.25, 0.3) is 11.8 Å². The van der Waals surface area contributed by atoms with Crippen LogP contribution in [0, 0.1) is 5.92 Å². The molecule has 2 heterocycles. The highest BCUT2D eigenvalue weighted by atomic mass is 35.5. The van der Waals surface area contributed by atoms with E-state index in [4.69, 9.17) is 21.1 Å². The van der Waals surface area contributed by atoms with Crippen molar-refractivity contribution < 1.29 is 19.1 Å². The van der Waals surface area contributed by atoms with Crippen LogP contribution in [0.4, 0.5) is 0 Å². The summed E-state index contributed by atoms with van der Waals surface area (Å²) in [5, 5.41) is 7.02. The first-order valence-electron chi connectivity index (χ1n) is 18.1. The van der Waals surface area contributed by atoms with E-state index in [1.165, 1.54) is 16.7 Å². The van der Waals surface area contributed by atoms with Crippen molar-refractivity contribution >= 4 is 23.4 Å². The van der Waals surface area contributed by atoms with Crippen LogP contribution in [0.25, 0.3) is 0 Å². The zero-order valence-corrected chi connectivity index (χ0v) is 30.0. The van der Waals surface area contributed by atoms with Gasteiger partial charge in [0.2, 0.25) is 0 Å². The molecule has 1 fully saturated rings. The second kappa shape index (κ2) is 16.4. The minimum absolute atomic E-state index is 0.0410. The third-order valence-electron chi connectivity index (χ3n) is 10.4. The molecule has 0 radical (unpaired) electrons. The molecular formula is C43H43ClN4O4. The van der Waals surface area contributed by atoms with Crippen LogP contribution in [0.2, 0.25) is 5.02 Å². The monoisotopic (exact) mass is 714 g/mol. The Morgan fingerprint density at radius 2 is 1.42 bits per heavy atom. The first kappa shape index (κ1) is 35.2. The summed E-state index contributed by atoms with van der Waals surface area (Å²) < 4.78 is 11.9. The van der Waals surface area contributed by atoms with Crippen molar-refractivity contribution in [3.63, 3.8) is 0 Å². The summed E-state index contributed by atoms with van der Waals surface area (Å²) >= 11 is 5.94. The van der Waals surface area contributed by atoms with Crippen molar-refractivity contribution in [2.45, 2.75) is 76.7 Å². The maximum Gasteiger partial charge on any atom is 0.253 e. The summed E-state index contributed by atoms with van der Waals surface area (Å²) in [7, 11) is 0. The van der Waals surface area contributed by atoms with E-state index in [1.807, 2.05) is 54.6 Å². The van der Waals surface area contributed by atoms with Crippen LogP contribution in [0.5, 0.6) is 11.5 Å². The lowest BCUT2D eigenvalue weighted by atomic mass is 9.76. The van der Waals surface area contributed by atoms with Gasteiger partial charge in [-0.2, -0.15) is 0 Å². The lowest BCUT2D eigenvalue weighted by Gasteiger charge is -2.33. The number of hydrogen-bond acceptors (Lipinski definition) is 6. The number of nitrogens with zero attached hydrogens (tertiary/aromatic N) is 2. The Kier molecular flexibility index (Phi) is 11.1. The molecule has 2 amide bonds. The molecule has 266 valence electrons. The van der Waals surface area contributed by atoms with Gasteiger partial charge in [0, 0.05) is 23.5 Å². The van der Waals surface area contributed by atoms with Gasteiger partial charge in [-0.25, -0.2) is 0 Å². The van der Waals surface area contributed by atoms with E-state index in [1.54, 1.807) is 30.6 Å². The van der Waals surface area contributed by atoms with Crippen molar-refractivity contribution in [1.82, 2.24) is 20.6 Å². The Balaban J connectivity index is 0.844. The van der Waals surface area contributed by atoms with Gasteiger partial charge in [0.15, 0.2) is 0 Å². The van der Waals surface area contributed by atoms with Crippen molar-refractivity contribution in [2.75, 3.05) is 0 Å². The molecular weight excluding hydrogens is 672 g/mol. The smallest absolute Gasteiger partial charge is 0.253 e. The fourth-order valence-corrected chi connectivity index (χ4v) is 7.43. The van der Waals surface area contributed by atoms with Crippen molar-refractivity contribution in [3.05, 3.63) is 154 Å². The highest BCUT2D eigenvalue weighted by Gasteiger charge is 2.28. The number of nitrogens with one attached hydrogen (secondary N) is 2. The fourth-order valence-electron chi connectivity index (χ4n) is 7.30. The van der Waals surface area contributed by atoms with E-state index in [-0.39, 0.29) is 23.9 Å². The van der Waals surface area contributed by atoms with Gasteiger partial charge in [0.1, 0.15) is 24.7 Å². The highest BCUT2D eigenvalue weighted by Crippen LogP contribution is 2.38. The number of aryl methyl sites for hydroxylation is 1. The second-order valence-corrected chi connectivity index (χ2v) is 14.3. The third-order valence-corrected chi connectivity index (χ3v) is 10.6. The summed E-state index contributed by atoms with van der Waals surface area (Å²) in [6.07, 6.45) is 9.31. The van der Waals surface area contributed by atoms with Crippen LogP contribution in [-0.2, 0) is 19.6 Å². The number of fused-ring (bicyclic) bond motifs is 1. The van der Waals surface area contributed by atoms with E-state index in [0.717, 1.165) is 55.7 Å². The Morgan fingerprint density at radius 3 is 2.12 bits per heavy atom. The minimum atomic E-state index is -0.111. The number of ether oxygens (including phenoxy) is 2. The predicted molar refractivity (Wildman–Crippen MR) is 202 cm³/mol. The Morgan fingerprint density at radius 1 is 0.750 bits per heavy atom. The molecule has 8 nitrogen and oxygen atoms in total. The number of pyridine rings is 2. The molecule has 2 aromatic heterocycles. The average Bonchev–Trinajstić information content (AvgIpc) is 3.59. The number of benzene rings is 3. The molecule has 0 bridgehead atoms. The molecule has 0 spiro atoms. The van der Waals surface area contributed by atoms with Crippen LogP contribution >= 0.6 is 11.6 Å².